The molecule has 1 heterocycles. The summed E-state index contributed by atoms with van der Waals surface area (Å²) in [5.41, 5.74) is 0.221. The van der Waals surface area contributed by atoms with Gasteiger partial charge in [-0.15, -0.1) is 0 Å². The van der Waals surface area contributed by atoms with E-state index in [-0.39, 0.29) is 5.41 Å². The molecule has 21 heavy (non-hydrogen) atoms. The van der Waals surface area contributed by atoms with E-state index in [9.17, 15) is 4.79 Å². The molecule has 2 fully saturated rings. The van der Waals surface area contributed by atoms with Gasteiger partial charge in [0.2, 0.25) is 5.91 Å². The molecule has 0 radical (unpaired) electrons. The van der Waals surface area contributed by atoms with Crippen molar-refractivity contribution >= 4 is 5.91 Å². The van der Waals surface area contributed by atoms with Crippen LogP contribution in [0, 0.1) is 23.2 Å². The Morgan fingerprint density at radius 2 is 1.81 bits per heavy atom. The van der Waals surface area contributed by atoms with E-state index in [1.807, 2.05) is 0 Å². The Kier molecular flexibility index (Phi) is 5.34. The Hall–Kier alpha value is -0.570. The molecule has 1 aliphatic heterocycles. The number of amides is 1. The van der Waals surface area contributed by atoms with Crippen LogP contribution in [0.3, 0.4) is 0 Å². The Morgan fingerprint density at radius 3 is 2.38 bits per heavy atom. The van der Waals surface area contributed by atoms with E-state index in [0.29, 0.717) is 24.2 Å². The lowest BCUT2D eigenvalue weighted by Gasteiger charge is -2.28. The van der Waals surface area contributed by atoms with Crippen molar-refractivity contribution < 1.29 is 4.79 Å². The fourth-order valence-corrected chi connectivity index (χ4v) is 3.16. The maximum Gasteiger partial charge on any atom is 0.222 e. The summed E-state index contributed by atoms with van der Waals surface area (Å²) in [6.07, 6.45) is 4.73. The summed E-state index contributed by atoms with van der Waals surface area (Å²) in [6, 6.07) is 0. The molecule has 0 spiro atoms. The molecule has 122 valence electrons. The Bertz CT molecular complexity index is 357. The third-order valence-electron chi connectivity index (χ3n) is 5.43. The SMILES string of the molecule is C[C@H](CC(=O)N1CC[C@@H](CN(C)CC2CC2)C1)C(C)(C)C. The van der Waals surface area contributed by atoms with Crippen molar-refractivity contribution in [3.8, 4) is 0 Å². The molecule has 2 atom stereocenters. The van der Waals surface area contributed by atoms with Crippen LogP contribution in [0.1, 0.15) is 53.4 Å². The van der Waals surface area contributed by atoms with Gasteiger partial charge in [-0.1, -0.05) is 27.7 Å². The summed E-state index contributed by atoms with van der Waals surface area (Å²) in [6.45, 7) is 13.2. The Balaban J connectivity index is 1.72. The fraction of sp³-hybridized carbons (Fsp3) is 0.944. The van der Waals surface area contributed by atoms with E-state index >= 15 is 0 Å². The molecule has 1 saturated carbocycles. The fourth-order valence-electron chi connectivity index (χ4n) is 3.16. The molecule has 1 amide bonds. The number of carbonyl (C=O) groups excluding carboxylic acids is 1. The first-order valence-corrected chi connectivity index (χ1v) is 8.72. The van der Waals surface area contributed by atoms with Crippen LogP contribution in [0.15, 0.2) is 0 Å². The summed E-state index contributed by atoms with van der Waals surface area (Å²) >= 11 is 0. The molecule has 3 heteroatoms. The molecule has 0 aromatic carbocycles. The van der Waals surface area contributed by atoms with Gasteiger partial charge >= 0.3 is 0 Å². The number of likely N-dealkylation sites (tertiary alicyclic amines) is 1. The lowest BCUT2D eigenvalue weighted by atomic mass is 9.80. The third kappa shape index (κ3) is 5.28. The van der Waals surface area contributed by atoms with E-state index in [1.165, 1.54) is 25.8 Å². The number of rotatable bonds is 6. The third-order valence-corrected chi connectivity index (χ3v) is 5.43. The summed E-state index contributed by atoms with van der Waals surface area (Å²) in [5, 5.41) is 0. The van der Waals surface area contributed by atoms with Crippen LogP contribution < -0.4 is 0 Å². The van der Waals surface area contributed by atoms with Crippen molar-refractivity contribution in [2.45, 2.75) is 53.4 Å². The highest BCUT2D eigenvalue weighted by Crippen LogP contribution is 2.31. The van der Waals surface area contributed by atoms with Crippen molar-refractivity contribution in [1.82, 2.24) is 9.80 Å². The average Bonchev–Trinajstić information content (AvgIpc) is 3.03. The topological polar surface area (TPSA) is 23.6 Å². The van der Waals surface area contributed by atoms with Gasteiger partial charge in [0, 0.05) is 32.6 Å². The van der Waals surface area contributed by atoms with Crippen LogP contribution in [-0.4, -0.2) is 48.9 Å². The summed E-state index contributed by atoms with van der Waals surface area (Å²) in [5.74, 6) is 2.45. The first kappa shape index (κ1) is 16.8. The first-order chi connectivity index (χ1) is 9.75. The number of carbonyl (C=O) groups is 1. The second-order valence-corrected chi connectivity index (χ2v) is 8.63. The van der Waals surface area contributed by atoms with Gasteiger partial charge in [-0.2, -0.15) is 0 Å². The van der Waals surface area contributed by atoms with Crippen molar-refractivity contribution in [2.24, 2.45) is 23.2 Å². The summed E-state index contributed by atoms with van der Waals surface area (Å²) in [4.78, 5) is 17.0. The minimum atomic E-state index is 0.221. The van der Waals surface area contributed by atoms with Crippen LogP contribution in [0.4, 0.5) is 0 Å². The van der Waals surface area contributed by atoms with Gasteiger partial charge in [-0.05, 0) is 49.5 Å². The van der Waals surface area contributed by atoms with E-state index in [1.54, 1.807) is 0 Å². The monoisotopic (exact) mass is 294 g/mol. The highest BCUT2D eigenvalue weighted by Gasteiger charge is 2.31. The van der Waals surface area contributed by atoms with Gasteiger partial charge in [0.1, 0.15) is 0 Å². The Labute approximate surface area is 131 Å². The standard InChI is InChI=1S/C18H34N2O/c1-14(18(2,3)4)10-17(21)20-9-8-16(13-20)12-19(5)11-15-6-7-15/h14-16H,6-13H2,1-5H3/t14-,16+/m1/s1. The second-order valence-electron chi connectivity index (χ2n) is 8.63. The maximum absolute atomic E-state index is 12.4. The highest BCUT2D eigenvalue weighted by atomic mass is 16.2. The van der Waals surface area contributed by atoms with Gasteiger partial charge < -0.3 is 9.80 Å². The molecule has 2 rings (SSSR count). The lowest BCUT2D eigenvalue weighted by Crippen LogP contribution is -2.34. The van der Waals surface area contributed by atoms with Crippen molar-refractivity contribution in [1.29, 1.82) is 0 Å². The zero-order chi connectivity index (χ0) is 15.6. The molecule has 0 bridgehead atoms. The van der Waals surface area contributed by atoms with E-state index in [0.717, 1.165) is 25.6 Å². The van der Waals surface area contributed by atoms with E-state index in [4.69, 9.17) is 0 Å². The molecule has 2 aliphatic rings. The van der Waals surface area contributed by atoms with Crippen molar-refractivity contribution in [2.75, 3.05) is 33.2 Å². The van der Waals surface area contributed by atoms with Gasteiger partial charge in [0.15, 0.2) is 0 Å². The van der Waals surface area contributed by atoms with Crippen LogP contribution in [0.2, 0.25) is 0 Å². The molecule has 3 nitrogen and oxygen atoms in total. The molecule has 0 N–H and O–H groups in total. The maximum atomic E-state index is 12.4. The Morgan fingerprint density at radius 1 is 1.19 bits per heavy atom. The van der Waals surface area contributed by atoms with Crippen molar-refractivity contribution in [3.63, 3.8) is 0 Å². The van der Waals surface area contributed by atoms with Gasteiger partial charge in [0.25, 0.3) is 0 Å². The molecule has 0 unspecified atom stereocenters. The average molecular weight is 294 g/mol. The highest BCUT2D eigenvalue weighted by molar-refractivity contribution is 5.76. The molecule has 0 aromatic heterocycles. The molecular weight excluding hydrogens is 260 g/mol. The van der Waals surface area contributed by atoms with Gasteiger partial charge in [0.05, 0.1) is 0 Å². The van der Waals surface area contributed by atoms with Crippen LogP contribution >= 0.6 is 0 Å². The van der Waals surface area contributed by atoms with E-state index in [2.05, 4.69) is 44.5 Å². The van der Waals surface area contributed by atoms with Gasteiger partial charge in [-0.25, -0.2) is 0 Å². The first-order valence-electron chi connectivity index (χ1n) is 8.72. The molecule has 0 aromatic rings. The molecule has 1 saturated heterocycles. The second kappa shape index (κ2) is 6.68. The van der Waals surface area contributed by atoms with Crippen molar-refractivity contribution in [3.05, 3.63) is 0 Å². The minimum absolute atomic E-state index is 0.221. The predicted molar refractivity (Wildman–Crippen MR) is 88.1 cm³/mol. The van der Waals surface area contributed by atoms with E-state index < -0.39 is 0 Å². The number of hydrogen-bond donors (Lipinski definition) is 0. The van der Waals surface area contributed by atoms with Gasteiger partial charge in [-0.3, -0.25) is 4.79 Å². The normalized spacial score (nSPS) is 24.7. The zero-order valence-electron chi connectivity index (χ0n) is 14.7. The largest absolute Gasteiger partial charge is 0.342 e. The minimum Gasteiger partial charge on any atom is -0.342 e. The van der Waals surface area contributed by atoms with Crippen LogP contribution in [-0.2, 0) is 4.79 Å². The lowest BCUT2D eigenvalue weighted by molar-refractivity contribution is -0.132. The van der Waals surface area contributed by atoms with Crippen LogP contribution in [0.5, 0.6) is 0 Å². The molecular formula is C18H34N2O. The quantitative estimate of drug-likeness (QED) is 0.751. The number of hydrogen-bond acceptors (Lipinski definition) is 2. The molecule has 1 aliphatic carbocycles. The predicted octanol–water partition coefficient (Wildman–Crippen LogP) is 3.25. The zero-order valence-corrected chi connectivity index (χ0v) is 14.7. The summed E-state index contributed by atoms with van der Waals surface area (Å²) in [7, 11) is 2.24. The summed E-state index contributed by atoms with van der Waals surface area (Å²) < 4.78 is 0. The number of nitrogens with zero attached hydrogens (tertiary/aromatic N) is 2. The smallest absolute Gasteiger partial charge is 0.222 e. The van der Waals surface area contributed by atoms with Crippen LogP contribution in [0.25, 0.3) is 0 Å².